The smallest absolute Gasteiger partial charge is 0.129 e. The zero-order valence-corrected chi connectivity index (χ0v) is 9.58. The Kier molecular flexibility index (Phi) is 3.42. The minimum Gasteiger partial charge on any atom is -0.380 e. The van der Waals surface area contributed by atoms with Crippen LogP contribution in [0, 0.1) is 11.3 Å². The van der Waals surface area contributed by atoms with Gasteiger partial charge in [-0.15, -0.1) is 0 Å². The zero-order chi connectivity index (χ0) is 10.7. The second-order valence-corrected chi connectivity index (χ2v) is 5.27. The van der Waals surface area contributed by atoms with Crippen molar-refractivity contribution in [1.29, 1.82) is 0 Å². The lowest BCUT2D eigenvalue weighted by atomic mass is 9.83. The molecule has 2 fully saturated rings. The van der Waals surface area contributed by atoms with Gasteiger partial charge in [0.25, 0.3) is 0 Å². The molecular formula is C12H21NO2. The highest BCUT2D eigenvalue weighted by Gasteiger charge is 2.36. The lowest BCUT2D eigenvalue weighted by Gasteiger charge is -2.35. The van der Waals surface area contributed by atoms with Gasteiger partial charge in [-0.25, -0.2) is 0 Å². The molecule has 0 spiro atoms. The summed E-state index contributed by atoms with van der Waals surface area (Å²) in [5.41, 5.74) is -0.206. The van der Waals surface area contributed by atoms with Gasteiger partial charge in [0.05, 0.1) is 12.0 Å². The molecule has 86 valence electrons. The van der Waals surface area contributed by atoms with Gasteiger partial charge in [-0.2, -0.15) is 0 Å². The summed E-state index contributed by atoms with van der Waals surface area (Å²) >= 11 is 0. The van der Waals surface area contributed by atoms with Gasteiger partial charge in [0.15, 0.2) is 0 Å². The van der Waals surface area contributed by atoms with Crippen LogP contribution in [0.5, 0.6) is 0 Å². The summed E-state index contributed by atoms with van der Waals surface area (Å²) in [4.78, 5) is 13.7. The highest BCUT2D eigenvalue weighted by Crippen LogP contribution is 2.29. The van der Waals surface area contributed by atoms with Crippen molar-refractivity contribution in [2.45, 2.75) is 26.2 Å². The topological polar surface area (TPSA) is 29.5 Å². The molecule has 2 heterocycles. The molecule has 3 heteroatoms. The Morgan fingerprint density at radius 3 is 3.00 bits per heavy atom. The Morgan fingerprint density at radius 2 is 2.47 bits per heavy atom. The number of rotatable bonds is 3. The van der Waals surface area contributed by atoms with E-state index >= 15 is 0 Å². The van der Waals surface area contributed by atoms with Gasteiger partial charge in [0.1, 0.15) is 6.29 Å². The first-order valence-electron chi connectivity index (χ1n) is 6.00. The van der Waals surface area contributed by atoms with E-state index in [0.717, 1.165) is 51.3 Å². The lowest BCUT2D eigenvalue weighted by molar-refractivity contribution is -0.125. The van der Waals surface area contributed by atoms with Gasteiger partial charge in [-0.05, 0) is 31.7 Å². The molecule has 0 aromatic carbocycles. The van der Waals surface area contributed by atoms with Crippen LogP contribution in [-0.2, 0) is 9.53 Å². The van der Waals surface area contributed by atoms with E-state index in [-0.39, 0.29) is 5.41 Å². The van der Waals surface area contributed by atoms with Gasteiger partial charge >= 0.3 is 0 Å². The van der Waals surface area contributed by atoms with Crippen LogP contribution in [0.1, 0.15) is 26.2 Å². The molecule has 0 N–H and O–H groups in total. The highest BCUT2D eigenvalue weighted by atomic mass is 16.5. The summed E-state index contributed by atoms with van der Waals surface area (Å²) in [6.07, 6.45) is 4.44. The average Bonchev–Trinajstić information content (AvgIpc) is 2.65. The van der Waals surface area contributed by atoms with E-state index < -0.39 is 0 Å². The quantitative estimate of drug-likeness (QED) is 0.659. The van der Waals surface area contributed by atoms with Crippen molar-refractivity contribution in [3.05, 3.63) is 0 Å². The molecule has 0 aliphatic carbocycles. The molecule has 0 saturated carbocycles. The number of carbonyl (C=O) groups excluding carboxylic acids is 1. The first kappa shape index (κ1) is 11.1. The second kappa shape index (κ2) is 4.62. The van der Waals surface area contributed by atoms with Crippen LogP contribution in [0.25, 0.3) is 0 Å². The van der Waals surface area contributed by atoms with Crippen LogP contribution < -0.4 is 0 Å². The molecule has 3 nitrogen and oxygen atoms in total. The molecule has 2 atom stereocenters. The number of aldehydes is 1. The lowest BCUT2D eigenvalue weighted by Crippen LogP contribution is -2.43. The van der Waals surface area contributed by atoms with E-state index in [1.165, 1.54) is 6.42 Å². The third-order valence-corrected chi connectivity index (χ3v) is 3.65. The monoisotopic (exact) mass is 211 g/mol. The zero-order valence-electron chi connectivity index (χ0n) is 9.58. The summed E-state index contributed by atoms with van der Waals surface area (Å²) in [6, 6.07) is 0. The van der Waals surface area contributed by atoms with Crippen LogP contribution in [0.2, 0.25) is 0 Å². The predicted octanol–water partition coefficient (Wildman–Crippen LogP) is 1.32. The first-order chi connectivity index (χ1) is 7.24. The number of ether oxygens (including phenoxy) is 1. The largest absolute Gasteiger partial charge is 0.380 e. The molecule has 0 aromatic heterocycles. The van der Waals surface area contributed by atoms with E-state index in [4.69, 9.17) is 4.74 Å². The van der Waals surface area contributed by atoms with Crippen molar-refractivity contribution in [1.82, 2.24) is 4.90 Å². The molecule has 0 amide bonds. The standard InChI is InChI=1S/C12H21NO2/c1-11-3-5-13(7-11)8-12(9-14)4-2-6-15-10-12/h9,11H,2-8,10H2,1H3. The number of hydrogen-bond acceptors (Lipinski definition) is 3. The maximum Gasteiger partial charge on any atom is 0.129 e. The molecule has 2 aliphatic heterocycles. The van der Waals surface area contributed by atoms with E-state index in [1.54, 1.807) is 0 Å². The molecule has 2 rings (SSSR count). The summed E-state index contributed by atoms with van der Waals surface area (Å²) < 4.78 is 5.46. The molecule has 0 aromatic rings. The van der Waals surface area contributed by atoms with E-state index in [9.17, 15) is 4.79 Å². The molecule has 2 unspecified atom stereocenters. The maximum atomic E-state index is 11.2. The fourth-order valence-electron chi connectivity index (χ4n) is 2.74. The van der Waals surface area contributed by atoms with Crippen molar-refractivity contribution in [3.8, 4) is 0 Å². The second-order valence-electron chi connectivity index (χ2n) is 5.27. The highest BCUT2D eigenvalue weighted by molar-refractivity contribution is 5.60. The maximum absolute atomic E-state index is 11.2. The fraction of sp³-hybridized carbons (Fsp3) is 0.917. The predicted molar refractivity (Wildman–Crippen MR) is 58.8 cm³/mol. The van der Waals surface area contributed by atoms with Crippen molar-refractivity contribution >= 4 is 6.29 Å². The molecule has 0 bridgehead atoms. The Balaban J connectivity index is 1.92. The van der Waals surface area contributed by atoms with E-state index in [2.05, 4.69) is 11.8 Å². The Labute approximate surface area is 91.8 Å². The normalized spacial score (nSPS) is 38.1. The third-order valence-electron chi connectivity index (χ3n) is 3.65. The number of likely N-dealkylation sites (tertiary alicyclic amines) is 1. The van der Waals surface area contributed by atoms with Gasteiger partial charge in [-0.3, -0.25) is 0 Å². The fourth-order valence-corrected chi connectivity index (χ4v) is 2.74. The van der Waals surface area contributed by atoms with Gasteiger partial charge < -0.3 is 14.4 Å². The third kappa shape index (κ3) is 2.58. The van der Waals surface area contributed by atoms with Crippen molar-refractivity contribution < 1.29 is 9.53 Å². The van der Waals surface area contributed by atoms with Crippen LogP contribution in [0.3, 0.4) is 0 Å². The molecule has 0 radical (unpaired) electrons. The summed E-state index contributed by atoms with van der Waals surface area (Å²) in [7, 11) is 0. The SMILES string of the molecule is CC1CCN(CC2(C=O)CCCOC2)C1. The van der Waals surface area contributed by atoms with Crippen LogP contribution in [0.4, 0.5) is 0 Å². The summed E-state index contributed by atoms with van der Waals surface area (Å²) in [6.45, 7) is 6.94. The van der Waals surface area contributed by atoms with Gasteiger partial charge in [0, 0.05) is 19.7 Å². The van der Waals surface area contributed by atoms with Crippen molar-refractivity contribution in [2.75, 3.05) is 32.8 Å². The van der Waals surface area contributed by atoms with Crippen molar-refractivity contribution in [2.24, 2.45) is 11.3 Å². The Morgan fingerprint density at radius 1 is 1.60 bits per heavy atom. The van der Waals surface area contributed by atoms with Crippen LogP contribution in [-0.4, -0.2) is 44.0 Å². The minimum atomic E-state index is -0.206. The Bertz CT molecular complexity index is 224. The van der Waals surface area contributed by atoms with E-state index in [0.29, 0.717) is 6.61 Å². The average molecular weight is 211 g/mol. The van der Waals surface area contributed by atoms with Crippen LogP contribution >= 0.6 is 0 Å². The molecule has 2 saturated heterocycles. The Hall–Kier alpha value is -0.410. The molecular weight excluding hydrogens is 190 g/mol. The minimum absolute atomic E-state index is 0.206. The summed E-state index contributed by atoms with van der Waals surface area (Å²) in [5, 5.41) is 0. The van der Waals surface area contributed by atoms with E-state index in [1.807, 2.05) is 0 Å². The van der Waals surface area contributed by atoms with Crippen LogP contribution in [0.15, 0.2) is 0 Å². The van der Waals surface area contributed by atoms with Gasteiger partial charge in [0.2, 0.25) is 0 Å². The number of hydrogen-bond donors (Lipinski definition) is 0. The molecule has 15 heavy (non-hydrogen) atoms. The number of nitrogens with zero attached hydrogens (tertiary/aromatic N) is 1. The van der Waals surface area contributed by atoms with Gasteiger partial charge in [-0.1, -0.05) is 6.92 Å². The number of carbonyl (C=O) groups is 1. The summed E-state index contributed by atoms with van der Waals surface area (Å²) in [5.74, 6) is 0.790. The van der Waals surface area contributed by atoms with Crippen molar-refractivity contribution in [3.63, 3.8) is 0 Å². The first-order valence-corrected chi connectivity index (χ1v) is 6.00. The molecule has 2 aliphatic rings.